The van der Waals surface area contributed by atoms with E-state index in [1.165, 1.54) is 10.1 Å². The highest BCUT2D eigenvalue weighted by Crippen LogP contribution is 2.37. The number of carbonyl (C=O) groups excluding carboxylic acids is 2. The van der Waals surface area contributed by atoms with Crippen molar-refractivity contribution in [1.29, 1.82) is 0 Å². The Hall–Kier alpha value is -5.10. The first-order valence-corrected chi connectivity index (χ1v) is 22.4. The van der Waals surface area contributed by atoms with Crippen LogP contribution in [0, 0.1) is 0 Å². The number of nitrogens with one attached hydrogen (secondary N) is 2. The number of imidazole rings is 1. The van der Waals surface area contributed by atoms with Gasteiger partial charge in [0.2, 0.25) is 17.8 Å². The van der Waals surface area contributed by atoms with Gasteiger partial charge in [0.05, 0.1) is 36.3 Å². The van der Waals surface area contributed by atoms with Gasteiger partial charge in [-0.3, -0.25) is 28.9 Å². The van der Waals surface area contributed by atoms with E-state index in [0.29, 0.717) is 43.1 Å². The SMILES string of the molecule is Cn1c(=O)n([C@H]2CCC(=O)NC2=O)c2ccc(COC3CCN(C4CCN(Cc5ccc(-c6cn([C@H]7CC[C@H](O)CC7)c7nc(NCCC(F)(F)F)ncc67)cc5)CC4)CC3)cc21. The van der Waals surface area contributed by atoms with E-state index >= 15 is 0 Å². The van der Waals surface area contributed by atoms with Gasteiger partial charge in [-0.25, -0.2) is 9.78 Å². The van der Waals surface area contributed by atoms with Gasteiger partial charge in [-0.05, 0) is 99.7 Å². The fraction of sp³-hybridized carbons (Fsp3) is 0.543. The van der Waals surface area contributed by atoms with Gasteiger partial charge >= 0.3 is 11.9 Å². The van der Waals surface area contributed by atoms with Crippen molar-refractivity contribution in [3.8, 4) is 11.1 Å². The third-order valence-electron chi connectivity index (χ3n) is 13.7. The molecular weight excluding hydrogens is 816 g/mol. The molecule has 0 spiro atoms. The molecule has 6 heterocycles. The van der Waals surface area contributed by atoms with E-state index in [1.54, 1.807) is 17.8 Å². The quantitative estimate of drug-likeness (QED) is 0.123. The smallest absolute Gasteiger partial charge is 0.390 e. The lowest BCUT2D eigenvalue weighted by atomic mass is 9.93. The minimum atomic E-state index is -4.27. The van der Waals surface area contributed by atoms with Crippen LogP contribution in [0.15, 0.2) is 59.7 Å². The highest BCUT2D eigenvalue weighted by Gasteiger charge is 2.33. The Balaban J connectivity index is 0.760. The molecule has 0 bridgehead atoms. The summed E-state index contributed by atoms with van der Waals surface area (Å²) in [6, 6.07) is 14.4. The summed E-state index contributed by atoms with van der Waals surface area (Å²) in [5, 5.41) is 16.1. The average molecular weight is 872 g/mol. The zero-order chi connectivity index (χ0) is 43.8. The Morgan fingerprint density at radius 1 is 0.873 bits per heavy atom. The second-order valence-corrected chi connectivity index (χ2v) is 17.9. The Morgan fingerprint density at radius 2 is 1.60 bits per heavy atom. The van der Waals surface area contributed by atoms with E-state index in [-0.39, 0.29) is 48.8 Å². The summed E-state index contributed by atoms with van der Waals surface area (Å²) in [5.41, 5.74) is 6.02. The standard InChI is InChI=1S/C46H56F3N9O5/c1-54-40-24-30(4-11-38(40)58(45(54)62)39-12-13-41(60)52-43(39)61)28-63-35-16-22-56(23-17-35)32-14-20-55(21-15-32)26-29-2-5-31(6-3-29)37-27-57(33-7-9-34(59)10-8-33)42-36(37)25-51-44(53-42)50-19-18-46(47,48)49/h2-6,11,24-25,27,32-35,39,59H,7-10,12-23,26,28H2,1H3,(H,50,51,53)(H,52,60,61)/t33-,34-,39-/m0/s1. The number of aliphatic hydroxyl groups excluding tert-OH is 1. The second kappa shape index (κ2) is 18.2. The van der Waals surface area contributed by atoms with Gasteiger partial charge in [0, 0.05) is 75.1 Å². The van der Waals surface area contributed by atoms with Crippen molar-refractivity contribution < 1.29 is 32.6 Å². The van der Waals surface area contributed by atoms with Crippen LogP contribution in [0.4, 0.5) is 19.1 Å². The largest absolute Gasteiger partial charge is 0.393 e. The molecule has 3 saturated heterocycles. The maximum atomic E-state index is 13.2. The molecule has 3 aliphatic heterocycles. The van der Waals surface area contributed by atoms with Gasteiger partial charge in [-0.1, -0.05) is 30.3 Å². The number of benzene rings is 2. The number of aliphatic hydroxyl groups is 1. The molecule has 0 unspecified atom stereocenters. The number of aryl methyl sites for hydroxylation is 1. The number of aromatic nitrogens is 5. The van der Waals surface area contributed by atoms with Gasteiger partial charge in [0.1, 0.15) is 11.7 Å². The molecule has 2 amide bonds. The van der Waals surface area contributed by atoms with E-state index in [9.17, 15) is 32.7 Å². The number of ether oxygens (including phenoxy) is 1. The number of rotatable bonds is 12. The number of hydrogen-bond acceptors (Lipinski definition) is 10. The Kier molecular flexibility index (Phi) is 12.5. The minimum Gasteiger partial charge on any atom is -0.393 e. The van der Waals surface area contributed by atoms with Crippen LogP contribution in [0.3, 0.4) is 0 Å². The number of piperidine rings is 3. The lowest BCUT2D eigenvalue weighted by Gasteiger charge is -2.41. The Morgan fingerprint density at radius 3 is 2.32 bits per heavy atom. The van der Waals surface area contributed by atoms with Gasteiger partial charge < -0.3 is 24.6 Å². The van der Waals surface area contributed by atoms with Crippen LogP contribution < -0.4 is 16.3 Å². The number of anilines is 1. The van der Waals surface area contributed by atoms with Crippen LogP contribution in [0.5, 0.6) is 0 Å². The average Bonchev–Trinajstić information content (AvgIpc) is 3.77. The van der Waals surface area contributed by atoms with Crippen LogP contribution in [0.1, 0.15) is 93.8 Å². The van der Waals surface area contributed by atoms with E-state index < -0.39 is 24.5 Å². The third-order valence-corrected chi connectivity index (χ3v) is 13.7. The molecule has 1 atom stereocenters. The van der Waals surface area contributed by atoms with Crippen LogP contribution in [0.25, 0.3) is 33.2 Å². The molecule has 5 aromatic rings. The predicted octanol–water partition coefficient (Wildman–Crippen LogP) is 6.22. The number of amides is 2. The fourth-order valence-corrected chi connectivity index (χ4v) is 10.1. The number of carbonyl (C=O) groups is 2. The van der Waals surface area contributed by atoms with Gasteiger partial charge in [-0.2, -0.15) is 18.2 Å². The van der Waals surface area contributed by atoms with E-state index in [1.807, 2.05) is 18.2 Å². The Bertz CT molecular complexity index is 2490. The number of imide groups is 1. The van der Waals surface area contributed by atoms with Crippen LogP contribution in [0.2, 0.25) is 0 Å². The maximum Gasteiger partial charge on any atom is 0.390 e. The summed E-state index contributed by atoms with van der Waals surface area (Å²) in [5.74, 6) is -0.580. The zero-order valence-corrected chi connectivity index (χ0v) is 35.7. The molecule has 17 heteroatoms. The highest BCUT2D eigenvalue weighted by atomic mass is 19.4. The molecule has 3 N–H and O–H groups in total. The summed E-state index contributed by atoms with van der Waals surface area (Å²) >= 11 is 0. The van der Waals surface area contributed by atoms with Gasteiger partial charge in [0.15, 0.2) is 0 Å². The number of halogens is 3. The van der Waals surface area contributed by atoms with Crippen LogP contribution in [-0.4, -0.2) is 108 Å². The zero-order valence-electron chi connectivity index (χ0n) is 35.7. The van der Waals surface area contributed by atoms with Gasteiger partial charge in [-0.15, -0.1) is 0 Å². The predicted molar refractivity (Wildman–Crippen MR) is 232 cm³/mol. The molecule has 9 rings (SSSR count). The number of fused-ring (bicyclic) bond motifs is 2. The fourth-order valence-electron chi connectivity index (χ4n) is 10.1. The van der Waals surface area contributed by atoms with E-state index in [2.05, 4.69) is 60.4 Å². The number of alkyl halides is 3. The lowest BCUT2D eigenvalue weighted by molar-refractivity contribution is -0.136. The second-order valence-electron chi connectivity index (χ2n) is 17.9. The molecular formula is C46H56F3N9O5. The number of hydrogen-bond donors (Lipinski definition) is 3. The Labute approximate surface area is 363 Å². The first kappa shape index (κ1) is 43.2. The molecule has 4 aliphatic rings. The van der Waals surface area contributed by atoms with Crippen molar-refractivity contribution >= 4 is 39.8 Å². The van der Waals surface area contributed by atoms with Crippen LogP contribution >= 0.6 is 0 Å². The molecule has 336 valence electrons. The minimum absolute atomic E-state index is 0.132. The first-order chi connectivity index (χ1) is 30.4. The van der Waals surface area contributed by atoms with Crippen molar-refractivity contribution in [2.45, 2.75) is 120 Å². The first-order valence-electron chi connectivity index (χ1n) is 22.4. The summed E-state index contributed by atoms with van der Waals surface area (Å²) in [4.78, 5) is 51.6. The van der Waals surface area contributed by atoms with Crippen molar-refractivity contribution in [3.63, 3.8) is 0 Å². The van der Waals surface area contributed by atoms with Crippen molar-refractivity contribution in [2.24, 2.45) is 7.05 Å². The summed E-state index contributed by atoms with van der Waals surface area (Å²) < 4.78 is 50.0. The molecule has 1 aliphatic carbocycles. The summed E-state index contributed by atoms with van der Waals surface area (Å²) in [6.45, 7) is 5.06. The molecule has 1 saturated carbocycles. The van der Waals surface area contributed by atoms with Gasteiger partial charge in [0.25, 0.3) is 0 Å². The third kappa shape index (κ3) is 9.57. The lowest BCUT2D eigenvalue weighted by Crippen LogP contribution is -2.48. The molecule has 63 heavy (non-hydrogen) atoms. The van der Waals surface area contributed by atoms with Crippen LogP contribution in [-0.2, 0) is 34.5 Å². The number of likely N-dealkylation sites (tertiary alicyclic amines) is 2. The maximum absolute atomic E-state index is 13.2. The monoisotopic (exact) mass is 871 g/mol. The van der Waals surface area contributed by atoms with Crippen molar-refractivity contribution in [3.05, 3.63) is 76.5 Å². The number of nitrogens with zero attached hydrogens (tertiary/aromatic N) is 7. The highest BCUT2D eigenvalue weighted by molar-refractivity contribution is 6.00. The van der Waals surface area contributed by atoms with E-state index in [0.717, 1.165) is 98.8 Å². The van der Waals surface area contributed by atoms with E-state index in [4.69, 9.17) is 9.72 Å². The summed E-state index contributed by atoms with van der Waals surface area (Å²) in [6.07, 6.45) is 6.07. The normalized spacial score (nSPS) is 22.6. The molecule has 3 aromatic heterocycles. The van der Waals surface area contributed by atoms with Crippen molar-refractivity contribution in [2.75, 3.05) is 38.0 Å². The molecule has 4 fully saturated rings. The topological polar surface area (TPSA) is 152 Å². The molecule has 2 aromatic carbocycles. The molecule has 0 radical (unpaired) electrons. The molecule has 14 nitrogen and oxygen atoms in total. The summed E-state index contributed by atoms with van der Waals surface area (Å²) in [7, 11) is 1.70. The van der Waals surface area contributed by atoms with Crippen molar-refractivity contribution in [1.82, 2.24) is 38.8 Å².